The average Bonchev–Trinajstić information content (AvgIpc) is 2.85. The third-order valence-corrected chi connectivity index (χ3v) is 4.74. The highest BCUT2D eigenvalue weighted by Gasteiger charge is 2.21. The van der Waals surface area contributed by atoms with Crippen molar-refractivity contribution in [1.82, 2.24) is 4.98 Å². The number of hydrogen-bond donors (Lipinski definition) is 1. The van der Waals surface area contributed by atoms with Crippen molar-refractivity contribution in [3.05, 3.63) is 44.8 Å². The van der Waals surface area contributed by atoms with E-state index in [1.807, 2.05) is 31.3 Å². The van der Waals surface area contributed by atoms with Crippen LogP contribution in [-0.4, -0.2) is 16.6 Å². The molecule has 0 bridgehead atoms. The highest BCUT2D eigenvalue weighted by Crippen LogP contribution is 2.30. The average molecular weight is 274 g/mol. The zero-order chi connectivity index (χ0) is 13.4. The van der Waals surface area contributed by atoms with Crippen LogP contribution in [0.1, 0.15) is 27.3 Å². The predicted octanol–water partition coefficient (Wildman–Crippen LogP) is 2.81. The van der Waals surface area contributed by atoms with E-state index in [0.717, 1.165) is 42.1 Å². The van der Waals surface area contributed by atoms with Crippen LogP contribution in [0.5, 0.6) is 0 Å². The van der Waals surface area contributed by atoms with E-state index in [4.69, 9.17) is 0 Å². The molecule has 0 radical (unpaired) electrons. The van der Waals surface area contributed by atoms with Crippen molar-refractivity contribution in [2.45, 2.75) is 33.4 Å². The first-order valence-corrected chi connectivity index (χ1v) is 7.45. The van der Waals surface area contributed by atoms with Gasteiger partial charge in [-0.05, 0) is 48.9 Å². The molecule has 0 amide bonds. The first kappa shape index (κ1) is 12.6. The largest absolute Gasteiger partial charge is 0.392 e. The zero-order valence-corrected chi connectivity index (χ0v) is 12.1. The van der Waals surface area contributed by atoms with Crippen molar-refractivity contribution in [2.75, 3.05) is 11.4 Å². The summed E-state index contributed by atoms with van der Waals surface area (Å²) in [6, 6.07) is 4.24. The minimum atomic E-state index is 0.0570. The van der Waals surface area contributed by atoms with Gasteiger partial charge in [0.05, 0.1) is 6.61 Å². The molecule has 19 heavy (non-hydrogen) atoms. The van der Waals surface area contributed by atoms with Gasteiger partial charge in [-0.15, -0.1) is 11.3 Å². The van der Waals surface area contributed by atoms with Crippen LogP contribution in [0.2, 0.25) is 0 Å². The Balaban J connectivity index is 1.99. The van der Waals surface area contributed by atoms with E-state index in [2.05, 4.69) is 21.3 Å². The normalized spacial score (nSPS) is 14.6. The summed E-state index contributed by atoms with van der Waals surface area (Å²) in [5.41, 5.74) is 4.51. The number of fused-ring (bicyclic) bond motifs is 1. The molecule has 1 N–H and O–H groups in total. The number of aromatic nitrogens is 1. The summed E-state index contributed by atoms with van der Waals surface area (Å²) in [5.74, 6) is 0.955. The van der Waals surface area contributed by atoms with Gasteiger partial charge in [0.15, 0.2) is 0 Å². The van der Waals surface area contributed by atoms with Crippen LogP contribution < -0.4 is 4.90 Å². The summed E-state index contributed by atoms with van der Waals surface area (Å²) in [6.07, 6.45) is 1.08. The quantitative estimate of drug-likeness (QED) is 0.915. The number of aryl methyl sites for hydroxylation is 2. The number of aliphatic hydroxyl groups excluding tert-OH is 1. The predicted molar refractivity (Wildman–Crippen MR) is 78.7 cm³/mol. The van der Waals surface area contributed by atoms with Crippen LogP contribution >= 0.6 is 11.3 Å². The molecule has 3 rings (SSSR count). The van der Waals surface area contributed by atoms with E-state index < -0.39 is 0 Å². The van der Waals surface area contributed by atoms with Gasteiger partial charge in [0, 0.05) is 29.2 Å². The molecule has 3 heterocycles. The Kier molecular flexibility index (Phi) is 3.29. The van der Waals surface area contributed by atoms with E-state index in [0.29, 0.717) is 0 Å². The molecule has 0 saturated carbocycles. The number of aliphatic hydroxyl groups is 1. The molecule has 1 aliphatic rings. The summed E-state index contributed by atoms with van der Waals surface area (Å²) in [5, 5.41) is 11.8. The Morgan fingerprint density at radius 2 is 2.26 bits per heavy atom. The molecule has 0 unspecified atom stereocenters. The lowest BCUT2D eigenvalue weighted by Crippen LogP contribution is -2.31. The van der Waals surface area contributed by atoms with E-state index >= 15 is 0 Å². The van der Waals surface area contributed by atoms with Gasteiger partial charge >= 0.3 is 0 Å². The SMILES string of the molecule is Cc1cc(C)c(CO)c(N2CCc3sccc3C2)n1. The topological polar surface area (TPSA) is 36.4 Å². The van der Waals surface area contributed by atoms with Gasteiger partial charge in [-0.25, -0.2) is 4.98 Å². The number of anilines is 1. The lowest BCUT2D eigenvalue weighted by molar-refractivity contribution is 0.280. The number of rotatable bonds is 2. The van der Waals surface area contributed by atoms with Gasteiger partial charge < -0.3 is 10.0 Å². The summed E-state index contributed by atoms with van der Waals surface area (Å²) in [7, 11) is 0. The second kappa shape index (κ2) is 4.94. The lowest BCUT2D eigenvalue weighted by atomic mass is 10.1. The van der Waals surface area contributed by atoms with Crippen molar-refractivity contribution in [1.29, 1.82) is 0 Å². The Labute approximate surface area is 117 Å². The van der Waals surface area contributed by atoms with Crippen LogP contribution in [0.4, 0.5) is 5.82 Å². The maximum atomic E-state index is 9.61. The number of thiophene rings is 1. The Bertz CT molecular complexity index is 606. The van der Waals surface area contributed by atoms with Crippen molar-refractivity contribution in [2.24, 2.45) is 0 Å². The molecule has 2 aromatic heterocycles. The fraction of sp³-hybridized carbons (Fsp3) is 0.400. The minimum absolute atomic E-state index is 0.0570. The van der Waals surface area contributed by atoms with E-state index in [9.17, 15) is 5.11 Å². The van der Waals surface area contributed by atoms with Gasteiger partial charge in [-0.1, -0.05) is 0 Å². The third-order valence-electron chi connectivity index (χ3n) is 3.72. The molecule has 3 nitrogen and oxygen atoms in total. The monoisotopic (exact) mass is 274 g/mol. The van der Waals surface area contributed by atoms with E-state index in [-0.39, 0.29) is 6.61 Å². The Hall–Kier alpha value is -1.39. The fourth-order valence-electron chi connectivity index (χ4n) is 2.73. The Morgan fingerprint density at radius 3 is 3.05 bits per heavy atom. The first-order chi connectivity index (χ1) is 9.19. The maximum absolute atomic E-state index is 9.61. The van der Waals surface area contributed by atoms with Gasteiger partial charge in [0.2, 0.25) is 0 Å². The molecule has 0 atom stereocenters. The molecule has 100 valence electrons. The zero-order valence-electron chi connectivity index (χ0n) is 11.3. The van der Waals surface area contributed by atoms with Crippen molar-refractivity contribution in [3.63, 3.8) is 0 Å². The molecule has 0 aromatic carbocycles. The molecule has 0 aliphatic carbocycles. The third kappa shape index (κ3) is 2.26. The van der Waals surface area contributed by atoms with Crippen LogP contribution in [-0.2, 0) is 19.6 Å². The molecule has 1 aliphatic heterocycles. The molecular formula is C15H18N2OS. The molecule has 0 spiro atoms. The van der Waals surface area contributed by atoms with Crippen molar-refractivity contribution in [3.8, 4) is 0 Å². The molecule has 2 aromatic rings. The smallest absolute Gasteiger partial charge is 0.134 e. The van der Waals surface area contributed by atoms with Gasteiger partial charge in [0.1, 0.15) is 5.82 Å². The van der Waals surface area contributed by atoms with E-state index in [1.54, 1.807) is 0 Å². The van der Waals surface area contributed by atoms with Gasteiger partial charge in [0.25, 0.3) is 0 Å². The fourth-order valence-corrected chi connectivity index (χ4v) is 3.62. The molecular weight excluding hydrogens is 256 g/mol. The van der Waals surface area contributed by atoms with Gasteiger partial charge in [-0.3, -0.25) is 0 Å². The van der Waals surface area contributed by atoms with Crippen LogP contribution in [0, 0.1) is 13.8 Å². The summed E-state index contributed by atoms with van der Waals surface area (Å²) in [6.45, 7) is 6.00. The second-order valence-electron chi connectivity index (χ2n) is 5.08. The van der Waals surface area contributed by atoms with Crippen molar-refractivity contribution >= 4 is 17.2 Å². The highest BCUT2D eigenvalue weighted by atomic mass is 32.1. The highest BCUT2D eigenvalue weighted by molar-refractivity contribution is 7.10. The summed E-state index contributed by atoms with van der Waals surface area (Å²) in [4.78, 5) is 8.44. The summed E-state index contributed by atoms with van der Waals surface area (Å²) >= 11 is 1.84. The first-order valence-electron chi connectivity index (χ1n) is 6.57. The van der Waals surface area contributed by atoms with Crippen molar-refractivity contribution < 1.29 is 5.11 Å². The second-order valence-corrected chi connectivity index (χ2v) is 6.08. The van der Waals surface area contributed by atoms with Crippen LogP contribution in [0.3, 0.4) is 0 Å². The minimum Gasteiger partial charge on any atom is -0.392 e. The lowest BCUT2D eigenvalue weighted by Gasteiger charge is -2.30. The van der Waals surface area contributed by atoms with Gasteiger partial charge in [-0.2, -0.15) is 0 Å². The summed E-state index contributed by atoms with van der Waals surface area (Å²) < 4.78 is 0. The number of pyridine rings is 1. The Morgan fingerprint density at radius 1 is 1.42 bits per heavy atom. The molecule has 0 fully saturated rings. The number of hydrogen-bond acceptors (Lipinski definition) is 4. The number of nitrogens with zero attached hydrogens (tertiary/aromatic N) is 2. The van der Waals surface area contributed by atoms with E-state index in [1.165, 1.54) is 10.4 Å². The standard InChI is InChI=1S/C15H18N2OS/c1-10-7-11(2)16-15(13(10)9-18)17-5-3-14-12(8-17)4-6-19-14/h4,6-7,18H,3,5,8-9H2,1-2H3. The molecule has 0 saturated heterocycles. The van der Waals surface area contributed by atoms with Crippen LogP contribution in [0.25, 0.3) is 0 Å². The van der Waals surface area contributed by atoms with Crippen LogP contribution in [0.15, 0.2) is 17.5 Å². The molecule has 4 heteroatoms. The maximum Gasteiger partial charge on any atom is 0.134 e.